The van der Waals surface area contributed by atoms with E-state index >= 15 is 0 Å². The van der Waals surface area contributed by atoms with Gasteiger partial charge >= 0.3 is 0 Å². The molecular weight excluding hydrogens is 356 g/mol. The second kappa shape index (κ2) is 7.46. The molecule has 2 N–H and O–H groups in total. The second-order valence-corrected chi connectivity index (χ2v) is 9.81. The third-order valence-electron chi connectivity index (χ3n) is 4.37. The van der Waals surface area contributed by atoms with Crippen LogP contribution in [0.5, 0.6) is 0 Å². The van der Waals surface area contributed by atoms with Crippen molar-refractivity contribution in [3.8, 4) is 0 Å². The molecule has 1 unspecified atom stereocenters. The fourth-order valence-electron chi connectivity index (χ4n) is 2.85. The standard InChI is InChI=1S/C17H24ClF2NO2S/c1-16(2,3)24(23)21-15(13-10-11(18)4-5-14(13)20)17(22)8-6-12(19)7-9-17/h4-5,10,12,15,21-22H,6-9H2,1-3H3/t12-,15-,17+,24?/m0/s1. The Hall–Kier alpha value is -0.400. The molecule has 7 heteroatoms. The monoisotopic (exact) mass is 379 g/mol. The highest BCUT2D eigenvalue weighted by Crippen LogP contribution is 2.41. The molecule has 1 aliphatic rings. The number of rotatable bonds is 4. The number of nitrogens with one attached hydrogen (secondary N) is 1. The van der Waals surface area contributed by atoms with E-state index < -0.39 is 39.7 Å². The lowest BCUT2D eigenvalue weighted by atomic mass is 9.76. The van der Waals surface area contributed by atoms with Gasteiger partial charge in [0.2, 0.25) is 0 Å². The summed E-state index contributed by atoms with van der Waals surface area (Å²) in [6.07, 6.45) is -0.251. The third kappa shape index (κ3) is 4.61. The Labute approximate surface area is 150 Å². The van der Waals surface area contributed by atoms with E-state index in [-0.39, 0.29) is 31.2 Å². The molecule has 0 amide bonds. The molecule has 0 spiro atoms. The van der Waals surface area contributed by atoms with E-state index in [0.29, 0.717) is 5.02 Å². The summed E-state index contributed by atoms with van der Waals surface area (Å²) in [4.78, 5) is 0. The maximum Gasteiger partial charge on any atom is 0.136 e. The zero-order chi connectivity index (χ0) is 18.1. The summed E-state index contributed by atoms with van der Waals surface area (Å²) in [5.74, 6) is -0.543. The van der Waals surface area contributed by atoms with Gasteiger partial charge in [-0.25, -0.2) is 8.78 Å². The molecule has 0 heterocycles. The Bertz CT molecular complexity index is 574. The van der Waals surface area contributed by atoms with E-state index in [4.69, 9.17) is 11.6 Å². The quantitative estimate of drug-likeness (QED) is 0.770. The average molecular weight is 380 g/mol. The van der Waals surface area contributed by atoms with Crippen LogP contribution in [0.1, 0.15) is 58.1 Å². The molecule has 136 valence electrons. The van der Waals surface area contributed by atoms with Crippen LogP contribution in [0.15, 0.2) is 18.2 Å². The van der Waals surface area contributed by atoms with Crippen molar-refractivity contribution in [3.63, 3.8) is 0 Å². The Morgan fingerprint density at radius 2 is 1.96 bits per heavy atom. The van der Waals surface area contributed by atoms with Crippen LogP contribution in [-0.4, -0.2) is 26.2 Å². The SMILES string of the molecule is CC(C)(C)[S+]([O-])N[C@@H](c1cc(Cl)ccc1F)[C@]1(O)CC[C@@H](F)CC1. The van der Waals surface area contributed by atoms with E-state index in [9.17, 15) is 18.4 Å². The smallest absolute Gasteiger partial charge is 0.136 e. The predicted molar refractivity (Wildman–Crippen MR) is 93.5 cm³/mol. The maximum atomic E-state index is 14.4. The van der Waals surface area contributed by atoms with Crippen LogP contribution in [0.4, 0.5) is 8.78 Å². The minimum Gasteiger partial charge on any atom is -0.598 e. The Morgan fingerprint density at radius 1 is 1.38 bits per heavy atom. The molecule has 1 aliphatic carbocycles. The predicted octanol–water partition coefficient (Wildman–Crippen LogP) is 4.22. The van der Waals surface area contributed by atoms with Gasteiger partial charge in [0.25, 0.3) is 0 Å². The summed E-state index contributed by atoms with van der Waals surface area (Å²) in [6, 6.07) is 3.13. The summed E-state index contributed by atoms with van der Waals surface area (Å²) < 4.78 is 42.7. The molecule has 3 nitrogen and oxygen atoms in total. The van der Waals surface area contributed by atoms with E-state index in [1.807, 2.05) is 0 Å². The van der Waals surface area contributed by atoms with Gasteiger partial charge in [-0.3, -0.25) is 0 Å². The van der Waals surface area contributed by atoms with E-state index in [1.165, 1.54) is 18.2 Å². The van der Waals surface area contributed by atoms with Crippen LogP contribution in [0.25, 0.3) is 0 Å². The Morgan fingerprint density at radius 3 is 2.50 bits per heavy atom. The fraction of sp³-hybridized carbons (Fsp3) is 0.647. The molecule has 0 bridgehead atoms. The number of halogens is 3. The normalized spacial score (nSPS) is 27.8. The van der Waals surface area contributed by atoms with E-state index in [1.54, 1.807) is 20.8 Å². The molecule has 2 atom stereocenters. The van der Waals surface area contributed by atoms with Crippen molar-refractivity contribution in [1.82, 2.24) is 4.72 Å². The zero-order valence-electron chi connectivity index (χ0n) is 14.1. The molecule has 1 fully saturated rings. The number of aliphatic hydroxyl groups is 1. The topological polar surface area (TPSA) is 55.3 Å². The molecule has 0 saturated heterocycles. The first-order chi connectivity index (χ1) is 11.0. The minimum absolute atomic E-state index is 0.153. The van der Waals surface area contributed by atoms with Gasteiger partial charge in [-0.05, 0) is 64.7 Å². The van der Waals surface area contributed by atoms with Crippen LogP contribution >= 0.6 is 11.6 Å². The molecule has 1 aromatic rings. The van der Waals surface area contributed by atoms with Gasteiger partial charge in [0.15, 0.2) is 0 Å². The second-order valence-electron chi connectivity index (χ2n) is 7.38. The molecule has 0 aromatic heterocycles. The van der Waals surface area contributed by atoms with E-state index in [0.717, 1.165) is 0 Å². The Balaban J connectivity index is 2.39. The van der Waals surface area contributed by atoms with Gasteiger partial charge in [0.05, 0.1) is 5.60 Å². The van der Waals surface area contributed by atoms with Crippen LogP contribution in [0.2, 0.25) is 5.02 Å². The summed E-state index contributed by atoms with van der Waals surface area (Å²) in [5, 5.41) is 11.4. The fourth-order valence-corrected chi connectivity index (χ4v) is 3.95. The first-order valence-electron chi connectivity index (χ1n) is 8.02. The average Bonchev–Trinajstić information content (AvgIpc) is 2.49. The summed E-state index contributed by atoms with van der Waals surface area (Å²) >= 11 is 4.45. The van der Waals surface area contributed by atoms with Crippen LogP contribution in [0.3, 0.4) is 0 Å². The van der Waals surface area contributed by atoms with Gasteiger partial charge in [-0.2, -0.15) is 0 Å². The summed E-state index contributed by atoms with van der Waals surface area (Å²) in [5.41, 5.74) is -1.23. The molecule has 1 aromatic carbocycles. The largest absolute Gasteiger partial charge is 0.598 e. The first-order valence-corrected chi connectivity index (χ1v) is 9.55. The number of hydrogen-bond donors (Lipinski definition) is 2. The van der Waals surface area contributed by atoms with Gasteiger partial charge < -0.3 is 9.66 Å². The highest BCUT2D eigenvalue weighted by atomic mass is 35.5. The lowest BCUT2D eigenvalue weighted by Crippen LogP contribution is -2.52. The van der Waals surface area contributed by atoms with Gasteiger partial charge in [-0.15, -0.1) is 4.72 Å². The number of hydrogen-bond acceptors (Lipinski definition) is 3. The van der Waals surface area contributed by atoms with Gasteiger partial charge in [0, 0.05) is 21.9 Å². The Kier molecular flexibility index (Phi) is 6.19. The van der Waals surface area contributed by atoms with Crippen molar-refractivity contribution >= 4 is 23.0 Å². The molecular formula is C17H24ClF2NO2S. The van der Waals surface area contributed by atoms with Crippen molar-refractivity contribution in [2.45, 2.75) is 69.0 Å². The lowest BCUT2D eigenvalue weighted by molar-refractivity contribution is -0.0416. The van der Waals surface area contributed by atoms with Crippen LogP contribution < -0.4 is 4.72 Å². The molecule has 2 rings (SSSR count). The van der Waals surface area contributed by atoms with Gasteiger partial charge in [-0.1, -0.05) is 11.6 Å². The third-order valence-corrected chi connectivity index (χ3v) is 6.17. The van der Waals surface area contributed by atoms with Crippen molar-refractivity contribution < 1.29 is 18.4 Å². The van der Waals surface area contributed by atoms with Crippen molar-refractivity contribution in [3.05, 3.63) is 34.6 Å². The van der Waals surface area contributed by atoms with Crippen LogP contribution in [0, 0.1) is 5.82 Å². The maximum absolute atomic E-state index is 14.4. The van der Waals surface area contributed by atoms with Gasteiger partial charge in [0.1, 0.15) is 22.8 Å². The molecule has 0 aliphatic heterocycles. The highest BCUT2D eigenvalue weighted by Gasteiger charge is 2.45. The first kappa shape index (κ1) is 19.9. The van der Waals surface area contributed by atoms with Crippen LogP contribution in [-0.2, 0) is 11.4 Å². The molecule has 1 saturated carbocycles. The lowest BCUT2D eigenvalue weighted by Gasteiger charge is -2.41. The molecule has 0 radical (unpaired) electrons. The number of benzene rings is 1. The summed E-state index contributed by atoms with van der Waals surface area (Å²) in [7, 11) is 0. The zero-order valence-corrected chi connectivity index (χ0v) is 15.7. The highest BCUT2D eigenvalue weighted by molar-refractivity contribution is 7.90. The number of alkyl halides is 1. The van der Waals surface area contributed by atoms with Crippen molar-refractivity contribution in [2.75, 3.05) is 0 Å². The molecule has 24 heavy (non-hydrogen) atoms. The summed E-state index contributed by atoms with van der Waals surface area (Å²) in [6.45, 7) is 5.35. The van der Waals surface area contributed by atoms with Crippen molar-refractivity contribution in [2.24, 2.45) is 0 Å². The van der Waals surface area contributed by atoms with E-state index in [2.05, 4.69) is 4.72 Å². The minimum atomic E-state index is -1.53. The van der Waals surface area contributed by atoms with Crippen molar-refractivity contribution in [1.29, 1.82) is 0 Å².